The number of carbonyl (C=O) groups is 1. The number of piperidine rings is 1. The van der Waals surface area contributed by atoms with Crippen LogP contribution >= 0.6 is 0 Å². The van der Waals surface area contributed by atoms with Crippen molar-refractivity contribution in [2.45, 2.75) is 51.1 Å². The van der Waals surface area contributed by atoms with Crippen molar-refractivity contribution in [3.63, 3.8) is 0 Å². The van der Waals surface area contributed by atoms with Crippen LogP contribution in [0.3, 0.4) is 0 Å². The number of rotatable bonds is 9. The van der Waals surface area contributed by atoms with Gasteiger partial charge in [0.25, 0.3) is 0 Å². The summed E-state index contributed by atoms with van der Waals surface area (Å²) in [4.78, 5) is 17.4. The molecule has 1 amide bonds. The Kier molecular flexibility index (Phi) is 8.14. The van der Waals surface area contributed by atoms with E-state index in [2.05, 4.69) is 75.8 Å². The third-order valence-electron chi connectivity index (χ3n) is 6.93. The van der Waals surface area contributed by atoms with Crippen LogP contribution in [0.25, 0.3) is 0 Å². The van der Waals surface area contributed by atoms with E-state index in [1.165, 1.54) is 36.8 Å². The van der Waals surface area contributed by atoms with Crippen molar-refractivity contribution in [1.29, 1.82) is 0 Å². The lowest BCUT2D eigenvalue weighted by molar-refractivity contribution is -0.122. The van der Waals surface area contributed by atoms with Gasteiger partial charge in [0, 0.05) is 38.6 Å². The van der Waals surface area contributed by atoms with Crippen LogP contribution in [0.15, 0.2) is 60.7 Å². The molecule has 1 atom stereocenters. The molecule has 31 heavy (non-hydrogen) atoms. The highest BCUT2D eigenvalue weighted by Gasteiger charge is 2.24. The Bertz CT molecular complexity index is 787. The molecule has 0 saturated carbocycles. The molecule has 0 spiro atoms. The normalized spacial score (nSPS) is 20.7. The van der Waals surface area contributed by atoms with Gasteiger partial charge < -0.3 is 10.2 Å². The van der Waals surface area contributed by atoms with Gasteiger partial charge >= 0.3 is 0 Å². The molecular weight excluding hydrogens is 382 g/mol. The molecular formula is C27H37N3O. The SMILES string of the molecule is O=C(CCN1CCC(CCc2ccccc2)CC1)NC1CCN(Cc2ccccc2)C1. The van der Waals surface area contributed by atoms with Crippen molar-refractivity contribution < 1.29 is 4.79 Å². The summed E-state index contributed by atoms with van der Waals surface area (Å²) in [6.45, 7) is 6.19. The summed E-state index contributed by atoms with van der Waals surface area (Å²) in [6.07, 6.45) is 6.71. The summed E-state index contributed by atoms with van der Waals surface area (Å²) in [5.74, 6) is 1.05. The van der Waals surface area contributed by atoms with Gasteiger partial charge in [0.15, 0.2) is 0 Å². The Morgan fingerprint density at radius 2 is 1.48 bits per heavy atom. The van der Waals surface area contributed by atoms with E-state index in [9.17, 15) is 4.79 Å². The Morgan fingerprint density at radius 1 is 0.839 bits per heavy atom. The lowest BCUT2D eigenvalue weighted by Crippen LogP contribution is -2.40. The number of carbonyl (C=O) groups excluding carboxylic acids is 1. The summed E-state index contributed by atoms with van der Waals surface area (Å²) < 4.78 is 0. The third kappa shape index (κ3) is 7.19. The highest BCUT2D eigenvalue weighted by atomic mass is 16.1. The van der Waals surface area contributed by atoms with Crippen molar-refractivity contribution in [3.05, 3.63) is 71.8 Å². The van der Waals surface area contributed by atoms with Crippen LogP contribution in [-0.4, -0.2) is 54.5 Å². The Balaban J connectivity index is 1.08. The van der Waals surface area contributed by atoms with Gasteiger partial charge in [-0.25, -0.2) is 0 Å². The van der Waals surface area contributed by atoms with E-state index in [1.807, 2.05) is 0 Å². The Hall–Kier alpha value is -2.17. The van der Waals surface area contributed by atoms with Gasteiger partial charge in [-0.15, -0.1) is 0 Å². The van der Waals surface area contributed by atoms with Crippen molar-refractivity contribution in [2.24, 2.45) is 5.92 Å². The monoisotopic (exact) mass is 419 g/mol. The first-order valence-corrected chi connectivity index (χ1v) is 12.1. The zero-order chi connectivity index (χ0) is 21.3. The molecule has 2 aromatic carbocycles. The van der Waals surface area contributed by atoms with Gasteiger partial charge in [0.05, 0.1) is 0 Å². The van der Waals surface area contributed by atoms with Crippen molar-refractivity contribution >= 4 is 5.91 Å². The van der Waals surface area contributed by atoms with Crippen molar-refractivity contribution in [2.75, 3.05) is 32.7 Å². The summed E-state index contributed by atoms with van der Waals surface area (Å²) >= 11 is 0. The number of nitrogens with zero attached hydrogens (tertiary/aromatic N) is 2. The molecule has 2 saturated heterocycles. The molecule has 166 valence electrons. The fourth-order valence-electron chi connectivity index (χ4n) is 5.01. The van der Waals surface area contributed by atoms with E-state index in [-0.39, 0.29) is 5.91 Å². The number of likely N-dealkylation sites (tertiary alicyclic amines) is 2. The average Bonchev–Trinajstić information content (AvgIpc) is 3.25. The molecule has 1 unspecified atom stereocenters. The lowest BCUT2D eigenvalue weighted by Gasteiger charge is -2.32. The van der Waals surface area contributed by atoms with Crippen molar-refractivity contribution in [1.82, 2.24) is 15.1 Å². The zero-order valence-electron chi connectivity index (χ0n) is 18.7. The molecule has 4 rings (SSSR count). The summed E-state index contributed by atoms with van der Waals surface area (Å²) in [6, 6.07) is 21.7. The average molecular weight is 420 g/mol. The first-order valence-electron chi connectivity index (χ1n) is 12.1. The minimum absolute atomic E-state index is 0.220. The number of hydrogen-bond donors (Lipinski definition) is 1. The van der Waals surface area contributed by atoms with Crippen LogP contribution in [-0.2, 0) is 17.8 Å². The molecule has 0 bridgehead atoms. The second-order valence-corrected chi connectivity index (χ2v) is 9.33. The van der Waals surface area contributed by atoms with E-state index in [0.717, 1.165) is 51.6 Å². The molecule has 2 fully saturated rings. The van der Waals surface area contributed by atoms with Gasteiger partial charge in [-0.3, -0.25) is 9.69 Å². The molecule has 1 N–H and O–H groups in total. The number of amides is 1. The van der Waals surface area contributed by atoms with E-state index >= 15 is 0 Å². The summed E-state index contributed by atoms with van der Waals surface area (Å²) in [7, 11) is 0. The topological polar surface area (TPSA) is 35.6 Å². The molecule has 0 aliphatic carbocycles. The smallest absolute Gasteiger partial charge is 0.221 e. The Morgan fingerprint density at radius 3 is 2.19 bits per heavy atom. The van der Waals surface area contributed by atoms with E-state index < -0.39 is 0 Å². The molecule has 2 heterocycles. The molecule has 2 aromatic rings. The number of benzene rings is 2. The minimum Gasteiger partial charge on any atom is -0.352 e. The van der Waals surface area contributed by atoms with E-state index in [4.69, 9.17) is 0 Å². The first kappa shape index (κ1) is 22.0. The van der Waals surface area contributed by atoms with Gasteiger partial charge in [0.2, 0.25) is 5.91 Å². The standard InChI is InChI=1S/C27H37N3O/c31-27(28-26-15-19-30(22-26)21-25-9-5-2-6-10-25)16-20-29-17-13-24(14-18-29)12-11-23-7-3-1-4-8-23/h1-10,24,26H,11-22H2,(H,28,31). The molecule has 2 aliphatic rings. The fourth-order valence-corrected chi connectivity index (χ4v) is 5.01. The largest absolute Gasteiger partial charge is 0.352 e. The van der Waals surface area contributed by atoms with Crippen molar-refractivity contribution in [3.8, 4) is 0 Å². The van der Waals surface area contributed by atoms with E-state index in [0.29, 0.717) is 12.5 Å². The lowest BCUT2D eigenvalue weighted by atomic mass is 9.90. The quantitative estimate of drug-likeness (QED) is 0.664. The van der Waals surface area contributed by atoms with Crippen LogP contribution in [0.5, 0.6) is 0 Å². The number of aryl methyl sites for hydroxylation is 1. The maximum atomic E-state index is 12.5. The highest BCUT2D eigenvalue weighted by Crippen LogP contribution is 2.22. The minimum atomic E-state index is 0.220. The molecule has 4 nitrogen and oxygen atoms in total. The summed E-state index contributed by atoms with van der Waals surface area (Å²) in [5, 5.41) is 3.27. The third-order valence-corrected chi connectivity index (χ3v) is 6.93. The number of nitrogens with one attached hydrogen (secondary N) is 1. The fraction of sp³-hybridized carbons (Fsp3) is 0.519. The predicted octanol–water partition coefficient (Wildman–Crippen LogP) is 4.11. The van der Waals surface area contributed by atoms with E-state index in [1.54, 1.807) is 0 Å². The van der Waals surface area contributed by atoms with Gasteiger partial charge in [-0.05, 0) is 62.2 Å². The molecule has 0 radical (unpaired) electrons. The summed E-state index contributed by atoms with van der Waals surface area (Å²) in [5.41, 5.74) is 2.80. The molecule has 4 heteroatoms. The maximum Gasteiger partial charge on any atom is 0.221 e. The van der Waals surface area contributed by atoms with Gasteiger partial charge in [-0.2, -0.15) is 0 Å². The maximum absolute atomic E-state index is 12.5. The molecule has 0 aromatic heterocycles. The van der Waals surface area contributed by atoms with Crippen LogP contribution in [0.4, 0.5) is 0 Å². The van der Waals surface area contributed by atoms with Gasteiger partial charge in [-0.1, -0.05) is 60.7 Å². The second-order valence-electron chi connectivity index (χ2n) is 9.33. The zero-order valence-corrected chi connectivity index (χ0v) is 18.7. The second kappa shape index (κ2) is 11.4. The van der Waals surface area contributed by atoms with Crippen LogP contribution in [0, 0.1) is 5.92 Å². The van der Waals surface area contributed by atoms with Crippen LogP contribution in [0.2, 0.25) is 0 Å². The Labute approximate surface area is 187 Å². The predicted molar refractivity (Wildman–Crippen MR) is 127 cm³/mol. The van der Waals surface area contributed by atoms with Gasteiger partial charge in [0.1, 0.15) is 0 Å². The first-order chi connectivity index (χ1) is 15.2. The molecule has 2 aliphatic heterocycles. The highest BCUT2D eigenvalue weighted by molar-refractivity contribution is 5.76. The van der Waals surface area contributed by atoms with Crippen LogP contribution < -0.4 is 5.32 Å². The number of hydrogen-bond acceptors (Lipinski definition) is 3. The van der Waals surface area contributed by atoms with Crippen LogP contribution in [0.1, 0.15) is 43.2 Å².